The van der Waals surface area contributed by atoms with E-state index in [0.29, 0.717) is 35.2 Å². The first-order chi connectivity index (χ1) is 16.6. The summed E-state index contributed by atoms with van der Waals surface area (Å²) in [5.41, 5.74) is 9.62. The summed E-state index contributed by atoms with van der Waals surface area (Å²) in [7, 11) is 3.60. The third kappa shape index (κ3) is 5.40. The van der Waals surface area contributed by atoms with Gasteiger partial charge in [-0.2, -0.15) is 0 Å². The van der Waals surface area contributed by atoms with E-state index < -0.39 is 6.09 Å². The van der Waals surface area contributed by atoms with Gasteiger partial charge >= 0.3 is 6.09 Å². The zero-order chi connectivity index (χ0) is 25.3. The van der Waals surface area contributed by atoms with E-state index in [-0.39, 0.29) is 12.1 Å². The summed E-state index contributed by atoms with van der Waals surface area (Å²) >= 11 is 0. The van der Waals surface area contributed by atoms with Gasteiger partial charge in [0.2, 0.25) is 0 Å². The van der Waals surface area contributed by atoms with Gasteiger partial charge in [-0.25, -0.2) is 14.8 Å². The number of hydrogen-bond acceptors (Lipinski definition) is 8. The van der Waals surface area contributed by atoms with Crippen LogP contribution in [0, 0.1) is 13.8 Å². The summed E-state index contributed by atoms with van der Waals surface area (Å²) in [4.78, 5) is 26.2. The normalized spacial score (nSPS) is 17.3. The second kappa shape index (κ2) is 9.95. The largest absolute Gasteiger partial charge is 0.493 e. The van der Waals surface area contributed by atoms with Crippen LogP contribution in [-0.2, 0) is 0 Å². The lowest BCUT2D eigenvalue weighted by molar-refractivity contribution is 0.0886. The van der Waals surface area contributed by atoms with E-state index in [1.54, 1.807) is 24.1 Å². The highest BCUT2D eigenvalue weighted by Gasteiger charge is 2.28. The van der Waals surface area contributed by atoms with Gasteiger partial charge in [0.25, 0.3) is 0 Å². The average Bonchev–Trinajstić information content (AvgIpc) is 2.78. The number of nitrogens with two attached hydrogens (primary N) is 1. The molecule has 1 aliphatic rings. The molecule has 0 unspecified atom stereocenters. The number of piperazine rings is 1. The Kier molecular flexibility index (Phi) is 6.98. The number of methoxy groups -OCH3 is 1. The Morgan fingerprint density at radius 2 is 1.91 bits per heavy atom. The highest BCUT2D eigenvalue weighted by atomic mass is 16.6. The smallest absolute Gasteiger partial charge is 0.415 e. The van der Waals surface area contributed by atoms with Crippen molar-refractivity contribution in [2.75, 3.05) is 44.8 Å². The van der Waals surface area contributed by atoms with Crippen LogP contribution in [-0.4, -0.2) is 65.7 Å². The summed E-state index contributed by atoms with van der Waals surface area (Å²) in [5, 5.41) is 4.22. The number of likely N-dealkylation sites (N-methyl/N-ethyl adjacent to an activating group) is 1. The number of nitrogens with one attached hydrogen (secondary N) is 1. The van der Waals surface area contributed by atoms with Crippen molar-refractivity contribution in [2.24, 2.45) is 0 Å². The molecule has 0 aliphatic carbocycles. The van der Waals surface area contributed by atoms with Crippen molar-refractivity contribution in [1.29, 1.82) is 0 Å². The fourth-order valence-electron chi connectivity index (χ4n) is 4.55. The number of aryl methyl sites for hydroxylation is 2. The molecule has 35 heavy (non-hydrogen) atoms. The number of rotatable bonds is 5. The number of aromatic nitrogens is 2. The third-order valence-electron chi connectivity index (χ3n) is 6.33. The minimum atomic E-state index is -0.394. The molecule has 9 heteroatoms. The van der Waals surface area contributed by atoms with E-state index in [1.165, 1.54) is 0 Å². The van der Waals surface area contributed by atoms with E-state index in [1.807, 2.05) is 40.0 Å². The lowest BCUT2D eigenvalue weighted by Gasteiger charge is -2.37. The molecule has 2 atom stereocenters. The zero-order valence-corrected chi connectivity index (χ0v) is 21.3. The molecule has 186 valence electrons. The SMILES string of the molecule is COc1cc2nc(C)nc(N[C@H](C)c3cc(C)cc(N)c3)c2cc1OC(=O)N1CCN(C)C[C@@H]1C. The fraction of sp³-hybridized carbons (Fsp3) is 0.423. The van der Waals surface area contributed by atoms with Crippen LogP contribution in [0.5, 0.6) is 11.5 Å². The Bertz CT molecular complexity index is 1230. The monoisotopic (exact) mass is 478 g/mol. The molecule has 9 nitrogen and oxygen atoms in total. The fourth-order valence-corrected chi connectivity index (χ4v) is 4.55. The summed E-state index contributed by atoms with van der Waals surface area (Å²) in [5.74, 6) is 2.04. The Morgan fingerprint density at radius 1 is 1.14 bits per heavy atom. The van der Waals surface area contributed by atoms with E-state index >= 15 is 0 Å². The number of nitrogen functional groups attached to an aromatic ring is 1. The number of carbonyl (C=O) groups is 1. The van der Waals surface area contributed by atoms with Gasteiger partial charge in [0, 0.05) is 42.8 Å². The summed E-state index contributed by atoms with van der Waals surface area (Å²) < 4.78 is 11.4. The van der Waals surface area contributed by atoms with Crippen LogP contribution in [0.1, 0.15) is 36.8 Å². The van der Waals surface area contributed by atoms with Gasteiger partial charge in [0.15, 0.2) is 11.5 Å². The lowest BCUT2D eigenvalue weighted by atomic mass is 10.0. The number of fused-ring (bicyclic) bond motifs is 1. The molecule has 3 aromatic rings. The standard InChI is InChI=1S/C26H34N6O3/c1-15-9-19(11-20(27)10-15)17(3)28-25-21-12-24(23(34-6)13-22(21)29-18(4)30-25)35-26(33)32-8-7-31(5)14-16(32)2/h9-13,16-17H,7-8,14,27H2,1-6H3,(H,28,29,30)/t16-,17+/m0/s1. The van der Waals surface area contributed by atoms with Crippen LogP contribution in [0.15, 0.2) is 30.3 Å². The van der Waals surface area contributed by atoms with Crippen molar-refractivity contribution < 1.29 is 14.3 Å². The first kappa shape index (κ1) is 24.5. The third-order valence-corrected chi connectivity index (χ3v) is 6.33. The van der Waals surface area contributed by atoms with E-state index in [9.17, 15) is 4.79 Å². The quantitative estimate of drug-likeness (QED) is 0.527. The van der Waals surface area contributed by atoms with Crippen molar-refractivity contribution in [1.82, 2.24) is 19.8 Å². The molecule has 0 saturated carbocycles. The number of benzene rings is 2. The second-order valence-corrected chi connectivity index (χ2v) is 9.36. The molecule has 1 aliphatic heterocycles. The van der Waals surface area contributed by atoms with E-state index in [2.05, 4.69) is 33.2 Å². The average molecular weight is 479 g/mol. The molecule has 0 spiro atoms. The topological polar surface area (TPSA) is 106 Å². The maximum absolute atomic E-state index is 13.0. The van der Waals surface area contributed by atoms with Crippen molar-refractivity contribution in [3.05, 3.63) is 47.3 Å². The van der Waals surface area contributed by atoms with Crippen molar-refractivity contribution in [2.45, 2.75) is 39.8 Å². The molecule has 1 amide bonds. The highest BCUT2D eigenvalue weighted by molar-refractivity contribution is 5.92. The van der Waals surface area contributed by atoms with Crippen LogP contribution in [0.4, 0.5) is 16.3 Å². The Balaban J connectivity index is 1.67. The Morgan fingerprint density at radius 3 is 2.60 bits per heavy atom. The Hall–Kier alpha value is -3.59. The van der Waals surface area contributed by atoms with Crippen LogP contribution in [0.25, 0.3) is 10.9 Å². The predicted molar refractivity (Wildman–Crippen MR) is 138 cm³/mol. The van der Waals surface area contributed by atoms with Gasteiger partial charge in [-0.3, -0.25) is 0 Å². The first-order valence-electron chi connectivity index (χ1n) is 11.8. The number of carbonyl (C=O) groups excluding carboxylic acids is 1. The summed E-state index contributed by atoms with van der Waals surface area (Å²) in [6.45, 7) is 10.1. The molecule has 2 heterocycles. The number of anilines is 2. The molecule has 4 rings (SSSR count). The zero-order valence-electron chi connectivity index (χ0n) is 21.3. The maximum atomic E-state index is 13.0. The Labute approximate surface area is 206 Å². The van der Waals surface area contributed by atoms with Crippen molar-refractivity contribution >= 4 is 28.5 Å². The van der Waals surface area contributed by atoms with Crippen molar-refractivity contribution in [3.8, 4) is 11.5 Å². The molecule has 0 bridgehead atoms. The number of amides is 1. The molecule has 3 N–H and O–H groups in total. The van der Waals surface area contributed by atoms with Crippen molar-refractivity contribution in [3.63, 3.8) is 0 Å². The van der Waals surface area contributed by atoms with Crippen LogP contribution >= 0.6 is 0 Å². The minimum absolute atomic E-state index is 0.0542. The summed E-state index contributed by atoms with van der Waals surface area (Å²) in [6, 6.07) is 9.53. The predicted octanol–water partition coefficient (Wildman–Crippen LogP) is 4.15. The molecule has 0 radical (unpaired) electrons. The van der Waals surface area contributed by atoms with Crippen LogP contribution in [0.2, 0.25) is 0 Å². The van der Waals surface area contributed by atoms with Crippen LogP contribution < -0.4 is 20.5 Å². The van der Waals surface area contributed by atoms with E-state index in [0.717, 1.165) is 35.3 Å². The van der Waals surface area contributed by atoms with Gasteiger partial charge in [0.1, 0.15) is 11.6 Å². The number of hydrogen-bond donors (Lipinski definition) is 2. The van der Waals surface area contributed by atoms with E-state index in [4.69, 9.17) is 15.2 Å². The molecular weight excluding hydrogens is 444 g/mol. The van der Waals surface area contributed by atoms with Gasteiger partial charge in [-0.05, 0) is 64.1 Å². The highest BCUT2D eigenvalue weighted by Crippen LogP contribution is 2.36. The molecule has 2 aromatic carbocycles. The molecular formula is C26H34N6O3. The maximum Gasteiger partial charge on any atom is 0.415 e. The van der Waals surface area contributed by atoms with Gasteiger partial charge in [0.05, 0.1) is 18.7 Å². The molecule has 1 saturated heterocycles. The van der Waals surface area contributed by atoms with Gasteiger partial charge < -0.3 is 30.3 Å². The van der Waals surface area contributed by atoms with Gasteiger partial charge in [-0.15, -0.1) is 0 Å². The molecule has 1 aromatic heterocycles. The van der Waals surface area contributed by atoms with Gasteiger partial charge in [-0.1, -0.05) is 6.07 Å². The number of nitrogens with zero attached hydrogens (tertiary/aromatic N) is 4. The number of ether oxygens (including phenoxy) is 2. The summed E-state index contributed by atoms with van der Waals surface area (Å²) in [6.07, 6.45) is -0.394. The first-order valence-corrected chi connectivity index (χ1v) is 11.8. The molecule has 1 fully saturated rings. The van der Waals surface area contributed by atoms with Crippen LogP contribution in [0.3, 0.4) is 0 Å². The minimum Gasteiger partial charge on any atom is -0.493 e. The lowest BCUT2D eigenvalue weighted by Crippen LogP contribution is -2.53. The second-order valence-electron chi connectivity index (χ2n) is 9.36.